The molecule has 0 aliphatic heterocycles. The molecule has 0 aliphatic carbocycles. The summed E-state index contributed by atoms with van der Waals surface area (Å²) in [5.41, 5.74) is 2.59. The van der Waals surface area contributed by atoms with E-state index in [0.29, 0.717) is 0 Å². The molecule has 1 aromatic carbocycles. The number of nitrogens with one attached hydrogen (secondary N) is 1. The van der Waals surface area contributed by atoms with Crippen molar-refractivity contribution in [1.29, 1.82) is 0 Å². The minimum Gasteiger partial charge on any atom is -0.356 e. The molecule has 0 unspecified atom stereocenters. The minimum atomic E-state index is 0.807. The second kappa shape index (κ2) is 4.40. The molecule has 2 rings (SSSR count). The fourth-order valence-electron chi connectivity index (χ4n) is 1.35. The predicted molar refractivity (Wildman–Crippen MR) is 63.2 cm³/mol. The van der Waals surface area contributed by atoms with E-state index in [2.05, 4.69) is 40.6 Å². The van der Waals surface area contributed by atoms with Gasteiger partial charge in [-0.1, -0.05) is 35.6 Å². The summed E-state index contributed by atoms with van der Waals surface area (Å²) in [5.74, 6) is 0. The van der Waals surface area contributed by atoms with Gasteiger partial charge < -0.3 is 5.32 Å². The van der Waals surface area contributed by atoms with Gasteiger partial charge in [0.2, 0.25) is 5.13 Å². The van der Waals surface area contributed by atoms with E-state index < -0.39 is 0 Å². The van der Waals surface area contributed by atoms with Crippen LogP contribution in [0.1, 0.15) is 16.1 Å². The van der Waals surface area contributed by atoms with E-state index in [0.717, 1.165) is 16.7 Å². The Morgan fingerprint density at radius 1 is 1.20 bits per heavy atom. The lowest BCUT2D eigenvalue weighted by molar-refractivity contribution is 1.02. The van der Waals surface area contributed by atoms with E-state index in [9.17, 15) is 0 Å². The zero-order valence-electron chi connectivity index (χ0n) is 8.82. The number of benzene rings is 1. The highest BCUT2D eigenvalue weighted by molar-refractivity contribution is 7.15. The molecule has 0 aliphatic rings. The molecule has 0 saturated carbocycles. The average Bonchev–Trinajstić information content (AvgIpc) is 2.63. The number of hydrogen-bond donors (Lipinski definition) is 1. The fraction of sp³-hybridized carbons (Fsp3) is 0.273. The van der Waals surface area contributed by atoms with Crippen LogP contribution < -0.4 is 5.32 Å². The highest BCUT2D eigenvalue weighted by atomic mass is 32.1. The van der Waals surface area contributed by atoms with E-state index in [4.69, 9.17) is 0 Å². The second-order valence-corrected chi connectivity index (χ2v) is 4.59. The summed E-state index contributed by atoms with van der Waals surface area (Å²) >= 11 is 1.58. The van der Waals surface area contributed by atoms with Gasteiger partial charge in [-0.15, -0.1) is 10.2 Å². The first-order chi connectivity index (χ1) is 7.25. The predicted octanol–water partition coefficient (Wildman–Crippen LogP) is 2.77. The molecule has 0 radical (unpaired) electrons. The first-order valence-corrected chi connectivity index (χ1v) is 5.66. The summed E-state index contributed by atoms with van der Waals surface area (Å²) in [6, 6.07) is 8.34. The fourth-order valence-corrected chi connectivity index (χ4v) is 1.93. The molecule has 0 spiro atoms. The molecule has 1 heterocycles. The van der Waals surface area contributed by atoms with Gasteiger partial charge in [-0.05, 0) is 25.0 Å². The Hall–Kier alpha value is -1.42. The first kappa shape index (κ1) is 10.1. The molecule has 0 amide bonds. The van der Waals surface area contributed by atoms with Crippen LogP contribution in [-0.2, 0) is 6.54 Å². The zero-order chi connectivity index (χ0) is 10.7. The van der Waals surface area contributed by atoms with E-state index >= 15 is 0 Å². The van der Waals surface area contributed by atoms with Crippen molar-refractivity contribution in [3.63, 3.8) is 0 Å². The van der Waals surface area contributed by atoms with Crippen LogP contribution in [0.15, 0.2) is 24.3 Å². The smallest absolute Gasteiger partial charge is 0.205 e. The van der Waals surface area contributed by atoms with E-state index in [1.54, 1.807) is 11.3 Å². The quantitative estimate of drug-likeness (QED) is 0.862. The zero-order valence-corrected chi connectivity index (χ0v) is 9.64. The molecular weight excluding hydrogens is 206 g/mol. The van der Waals surface area contributed by atoms with E-state index in [-0.39, 0.29) is 0 Å². The van der Waals surface area contributed by atoms with Crippen molar-refractivity contribution in [3.05, 3.63) is 40.4 Å². The summed E-state index contributed by atoms with van der Waals surface area (Å²) in [6.07, 6.45) is 0. The highest BCUT2D eigenvalue weighted by Crippen LogP contribution is 2.15. The molecule has 1 N–H and O–H groups in total. The van der Waals surface area contributed by atoms with Crippen LogP contribution in [0.5, 0.6) is 0 Å². The summed E-state index contributed by atoms with van der Waals surface area (Å²) < 4.78 is 0. The lowest BCUT2D eigenvalue weighted by Crippen LogP contribution is -2.00. The first-order valence-electron chi connectivity index (χ1n) is 4.84. The number of aromatic nitrogens is 2. The molecule has 0 saturated heterocycles. The lowest BCUT2D eigenvalue weighted by Gasteiger charge is -2.05. The molecule has 0 bridgehead atoms. The van der Waals surface area contributed by atoms with Crippen molar-refractivity contribution in [3.8, 4) is 0 Å². The molecule has 0 fully saturated rings. The Morgan fingerprint density at radius 2 is 2.00 bits per heavy atom. The Bertz CT molecular complexity index is 451. The summed E-state index contributed by atoms with van der Waals surface area (Å²) in [5, 5.41) is 13.1. The number of nitrogens with zero attached hydrogens (tertiary/aromatic N) is 2. The molecule has 4 heteroatoms. The Labute approximate surface area is 93.2 Å². The molecule has 1 aromatic heterocycles. The van der Waals surface area contributed by atoms with Crippen LogP contribution in [0.2, 0.25) is 0 Å². The third kappa shape index (κ3) is 2.53. The number of hydrogen-bond acceptors (Lipinski definition) is 4. The van der Waals surface area contributed by atoms with Crippen LogP contribution in [0.4, 0.5) is 5.13 Å². The maximum atomic E-state index is 4.02. The van der Waals surface area contributed by atoms with Gasteiger partial charge in [-0.3, -0.25) is 0 Å². The molecule has 78 valence electrons. The van der Waals surface area contributed by atoms with Crippen molar-refractivity contribution in [1.82, 2.24) is 10.2 Å². The third-order valence-corrected chi connectivity index (χ3v) is 3.01. The van der Waals surface area contributed by atoms with Crippen molar-refractivity contribution < 1.29 is 0 Å². The molecule has 2 aromatic rings. The van der Waals surface area contributed by atoms with Crippen LogP contribution in [0.25, 0.3) is 0 Å². The van der Waals surface area contributed by atoms with Gasteiger partial charge in [0.1, 0.15) is 5.01 Å². The number of anilines is 1. The van der Waals surface area contributed by atoms with E-state index in [1.165, 1.54) is 11.1 Å². The Balaban J connectivity index is 2.02. The Kier molecular flexibility index (Phi) is 2.97. The van der Waals surface area contributed by atoms with E-state index in [1.807, 2.05) is 13.0 Å². The van der Waals surface area contributed by atoms with Gasteiger partial charge in [0.15, 0.2) is 0 Å². The van der Waals surface area contributed by atoms with Crippen LogP contribution in [-0.4, -0.2) is 10.2 Å². The molecule has 3 nitrogen and oxygen atoms in total. The summed E-state index contributed by atoms with van der Waals surface area (Å²) in [6.45, 7) is 4.88. The highest BCUT2D eigenvalue weighted by Gasteiger charge is 2.00. The average molecular weight is 219 g/mol. The van der Waals surface area contributed by atoms with Gasteiger partial charge >= 0.3 is 0 Å². The van der Waals surface area contributed by atoms with Crippen LogP contribution >= 0.6 is 11.3 Å². The van der Waals surface area contributed by atoms with Gasteiger partial charge in [-0.2, -0.15) is 0 Å². The topological polar surface area (TPSA) is 37.8 Å². The van der Waals surface area contributed by atoms with Gasteiger partial charge in [0.05, 0.1) is 0 Å². The maximum absolute atomic E-state index is 4.02. The summed E-state index contributed by atoms with van der Waals surface area (Å²) in [7, 11) is 0. The SMILES string of the molecule is Cc1nnc(NCc2ccccc2C)s1. The normalized spacial score (nSPS) is 10.3. The monoisotopic (exact) mass is 219 g/mol. The number of rotatable bonds is 3. The largest absolute Gasteiger partial charge is 0.356 e. The van der Waals surface area contributed by atoms with Crippen molar-refractivity contribution in [2.24, 2.45) is 0 Å². The van der Waals surface area contributed by atoms with Crippen molar-refractivity contribution in [2.45, 2.75) is 20.4 Å². The lowest BCUT2D eigenvalue weighted by atomic mass is 10.1. The van der Waals surface area contributed by atoms with Gasteiger partial charge in [0, 0.05) is 6.54 Å². The van der Waals surface area contributed by atoms with Gasteiger partial charge in [-0.25, -0.2) is 0 Å². The van der Waals surface area contributed by atoms with Crippen molar-refractivity contribution in [2.75, 3.05) is 5.32 Å². The molecular formula is C11H13N3S. The van der Waals surface area contributed by atoms with Crippen LogP contribution in [0, 0.1) is 13.8 Å². The molecule has 0 atom stereocenters. The molecule has 15 heavy (non-hydrogen) atoms. The standard InChI is InChI=1S/C11H13N3S/c1-8-5-3-4-6-10(8)7-12-11-14-13-9(2)15-11/h3-6H,7H2,1-2H3,(H,12,14). The van der Waals surface area contributed by atoms with Crippen LogP contribution in [0.3, 0.4) is 0 Å². The third-order valence-electron chi connectivity index (χ3n) is 2.22. The van der Waals surface area contributed by atoms with Crippen molar-refractivity contribution >= 4 is 16.5 Å². The maximum Gasteiger partial charge on any atom is 0.205 e. The second-order valence-electron chi connectivity index (χ2n) is 3.41. The summed E-state index contributed by atoms with van der Waals surface area (Å²) in [4.78, 5) is 0. The van der Waals surface area contributed by atoms with Gasteiger partial charge in [0.25, 0.3) is 0 Å². The minimum absolute atomic E-state index is 0.807. The number of aryl methyl sites for hydroxylation is 2. The Morgan fingerprint density at radius 3 is 2.67 bits per heavy atom.